The molecule has 4 heteroatoms. The highest BCUT2D eigenvalue weighted by molar-refractivity contribution is 14.1. The molecule has 1 heterocycles. The summed E-state index contributed by atoms with van der Waals surface area (Å²) in [5, 5.41) is 8.61. The van der Waals surface area contributed by atoms with Gasteiger partial charge in [-0.2, -0.15) is 0 Å². The van der Waals surface area contributed by atoms with E-state index in [2.05, 4.69) is 27.6 Å². The summed E-state index contributed by atoms with van der Waals surface area (Å²) in [4.78, 5) is 4.15. The molecule has 0 saturated carbocycles. The van der Waals surface area contributed by atoms with Gasteiger partial charge in [-0.3, -0.25) is 0 Å². The van der Waals surface area contributed by atoms with E-state index in [1.807, 2.05) is 13.0 Å². The van der Waals surface area contributed by atoms with Crippen molar-refractivity contribution < 1.29 is 9.84 Å². The van der Waals surface area contributed by atoms with Crippen LogP contribution in [0.15, 0.2) is 12.3 Å². The lowest BCUT2D eigenvalue weighted by Crippen LogP contribution is -2.03. The van der Waals surface area contributed by atoms with Crippen LogP contribution in [0.3, 0.4) is 0 Å². The molecule has 14 heavy (non-hydrogen) atoms. The van der Waals surface area contributed by atoms with Crippen LogP contribution in [0.4, 0.5) is 0 Å². The maximum atomic E-state index is 8.61. The molecule has 0 radical (unpaired) electrons. The molecule has 0 amide bonds. The van der Waals surface area contributed by atoms with E-state index in [4.69, 9.17) is 9.84 Å². The molecule has 0 aromatic carbocycles. The predicted octanol–water partition coefficient (Wildman–Crippen LogP) is 2.09. The summed E-state index contributed by atoms with van der Waals surface area (Å²) in [5.74, 6) is 0.688. The van der Waals surface area contributed by atoms with Crippen molar-refractivity contribution in [3.63, 3.8) is 0 Å². The smallest absolute Gasteiger partial charge is 0.216 e. The van der Waals surface area contributed by atoms with Crippen molar-refractivity contribution in [2.75, 3.05) is 13.2 Å². The number of aromatic nitrogens is 1. The highest BCUT2D eigenvalue weighted by atomic mass is 127. The molecule has 0 aliphatic heterocycles. The standard InChI is InChI=1S/C10H14INO2/c1-8-9(7-11)3-4-12-10(8)14-6-2-5-13/h3-4,13H,2,5-7H2,1H3. The van der Waals surface area contributed by atoms with Gasteiger partial charge >= 0.3 is 0 Å². The van der Waals surface area contributed by atoms with Crippen molar-refractivity contribution in [3.05, 3.63) is 23.4 Å². The minimum Gasteiger partial charge on any atom is -0.477 e. The first-order chi connectivity index (χ1) is 6.79. The van der Waals surface area contributed by atoms with E-state index in [0.29, 0.717) is 18.9 Å². The second-order valence-electron chi connectivity index (χ2n) is 2.96. The van der Waals surface area contributed by atoms with Gasteiger partial charge in [0.2, 0.25) is 5.88 Å². The largest absolute Gasteiger partial charge is 0.477 e. The Bertz CT molecular complexity index is 291. The minimum atomic E-state index is 0.158. The summed E-state index contributed by atoms with van der Waals surface area (Å²) in [6, 6.07) is 2.00. The van der Waals surface area contributed by atoms with Crippen LogP contribution >= 0.6 is 22.6 Å². The average Bonchev–Trinajstić information content (AvgIpc) is 2.21. The van der Waals surface area contributed by atoms with Crippen LogP contribution in [0.25, 0.3) is 0 Å². The predicted molar refractivity (Wildman–Crippen MR) is 63.9 cm³/mol. The molecule has 0 fully saturated rings. The van der Waals surface area contributed by atoms with Gasteiger partial charge in [-0.1, -0.05) is 22.6 Å². The van der Waals surface area contributed by atoms with Crippen LogP contribution in [0.1, 0.15) is 17.5 Å². The number of aliphatic hydroxyl groups is 1. The van der Waals surface area contributed by atoms with Crippen LogP contribution in [-0.2, 0) is 4.43 Å². The summed E-state index contributed by atoms with van der Waals surface area (Å²) in [5.41, 5.74) is 2.35. The average molecular weight is 307 g/mol. The first-order valence-corrected chi connectivity index (χ1v) is 6.06. The number of nitrogens with zero attached hydrogens (tertiary/aromatic N) is 1. The third-order valence-corrected chi connectivity index (χ3v) is 2.78. The van der Waals surface area contributed by atoms with Gasteiger partial charge < -0.3 is 9.84 Å². The molecule has 3 nitrogen and oxygen atoms in total. The summed E-state index contributed by atoms with van der Waals surface area (Å²) >= 11 is 2.32. The van der Waals surface area contributed by atoms with E-state index in [9.17, 15) is 0 Å². The first-order valence-electron chi connectivity index (χ1n) is 4.53. The number of halogens is 1. The van der Waals surface area contributed by atoms with Crippen molar-refractivity contribution >= 4 is 22.6 Å². The monoisotopic (exact) mass is 307 g/mol. The van der Waals surface area contributed by atoms with E-state index in [0.717, 1.165) is 9.99 Å². The number of hydrogen-bond donors (Lipinski definition) is 1. The third-order valence-electron chi connectivity index (χ3n) is 1.96. The van der Waals surface area contributed by atoms with Crippen LogP contribution in [0.2, 0.25) is 0 Å². The Hall–Kier alpha value is -0.360. The Morgan fingerprint density at radius 3 is 3.00 bits per heavy atom. The number of pyridine rings is 1. The number of alkyl halides is 1. The molecule has 1 N–H and O–H groups in total. The molecule has 0 aliphatic rings. The fourth-order valence-corrected chi connectivity index (χ4v) is 1.90. The Labute approximate surface area is 97.6 Å². The van der Waals surface area contributed by atoms with Gasteiger partial charge in [0.05, 0.1) is 6.61 Å². The molecule has 1 rings (SSSR count). The Morgan fingerprint density at radius 2 is 2.36 bits per heavy atom. The zero-order valence-electron chi connectivity index (χ0n) is 8.16. The molecule has 0 unspecified atom stereocenters. The Morgan fingerprint density at radius 1 is 1.57 bits per heavy atom. The number of hydrogen-bond acceptors (Lipinski definition) is 3. The van der Waals surface area contributed by atoms with Crippen molar-refractivity contribution in [2.24, 2.45) is 0 Å². The summed E-state index contributed by atoms with van der Waals surface area (Å²) in [7, 11) is 0. The molecule has 0 bridgehead atoms. The highest BCUT2D eigenvalue weighted by Crippen LogP contribution is 2.20. The lowest BCUT2D eigenvalue weighted by atomic mass is 10.2. The van der Waals surface area contributed by atoms with Crippen molar-refractivity contribution in [1.82, 2.24) is 4.98 Å². The molecule has 78 valence electrons. The molecule has 0 saturated heterocycles. The lowest BCUT2D eigenvalue weighted by molar-refractivity contribution is 0.228. The molecular formula is C10H14INO2. The SMILES string of the molecule is Cc1c(CI)ccnc1OCCCO. The second kappa shape index (κ2) is 6.19. The lowest BCUT2D eigenvalue weighted by Gasteiger charge is -2.09. The first kappa shape index (κ1) is 11.7. The van der Waals surface area contributed by atoms with E-state index < -0.39 is 0 Å². The van der Waals surface area contributed by atoms with Gasteiger partial charge in [0.1, 0.15) is 0 Å². The molecule has 0 aliphatic carbocycles. The summed E-state index contributed by atoms with van der Waals surface area (Å²) in [6.07, 6.45) is 2.41. The zero-order valence-corrected chi connectivity index (χ0v) is 10.3. The number of ether oxygens (including phenoxy) is 1. The maximum Gasteiger partial charge on any atom is 0.216 e. The Kier molecular flexibility index (Phi) is 5.17. The zero-order chi connectivity index (χ0) is 10.4. The van der Waals surface area contributed by atoms with E-state index >= 15 is 0 Å². The van der Waals surface area contributed by atoms with Crippen LogP contribution in [0, 0.1) is 6.92 Å². The van der Waals surface area contributed by atoms with E-state index in [-0.39, 0.29) is 6.61 Å². The highest BCUT2D eigenvalue weighted by Gasteiger charge is 2.04. The Balaban J connectivity index is 2.66. The van der Waals surface area contributed by atoms with Crippen molar-refractivity contribution in [3.8, 4) is 5.88 Å². The molecule has 1 aromatic rings. The van der Waals surface area contributed by atoms with Gasteiger partial charge in [0.25, 0.3) is 0 Å². The molecular weight excluding hydrogens is 293 g/mol. The van der Waals surface area contributed by atoms with Crippen LogP contribution in [-0.4, -0.2) is 23.3 Å². The van der Waals surface area contributed by atoms with Crippen molar-refractivity contribution in [2.45, 2.75) is 17.8 Å². The van der Waals surface area contributed by atoms with Gasteiger partial charge in [0, 0.05) is 29.2 Å². The van der Waals surface area contributed by atoms with Gasteiger partial charge in [-0.15, -0.1) is 0 Å². The topological polar surface area (TPSA) is 42.4 Å². The van der Waals surface area contributed by atoms with Crippen molar-refractivity contribution in [1.29, 1.82) is 0 Å². The molecule has 0 spiro atoms. The number of rotatable bonds is 5. The maximum absolute atomic E-state index is 8.61. The summed E-state index contributed by atoms with van der Waals surface area (Å²) < 4.78 is 6.41. The fourth-order valence-electron chi connectivity index (χ4n) is 1.08. The van der Waals surface area contributed by atoms with Gasteiger partial charge in [0.15, 0.2) is 0 Å². The third kappa shape index (κ3) is 3.09. The molecule has 1 aromatic heterocycles. The van der Waals surface area contributed by atoms with E-state index in [1.165, 1.54) is 5.56 Å². The van der Waals surface area contributed by atoms with Gasteiger partial charge in [-0.25, -0.2) is 4.98 Å². The van der Waals surface area contributed by atoms with Crippen LogP contribution < -0.4 is 4.74 Å². The number of aliphatic hydroxyl groups excluding tert-OH is 1. The van der Waals surface area contributed by atoms with E-state index in [1.54, 1.807) is 6.20 Å². The van der Waals surface area contributed by atoms with Gasteiger partial charge in [-0.05, 0) is 18.6 Å². The minimum absolute atomic E-state index is 0.158. The van der Waals surface area contributed by atoms with Crippen LogP contribution in [0.5, 0.6) is 5.88 Å². The summed E-state index contributed by atoms with van der Waals surface area (Å²) in [6.45, 7) is 2.69. The fraction of sp³-hybridized carbons (Fsp3) is 0.500. The normalized spacial score (nSPS) is 10.2. The molecule has 0 atom stereocenters. The second-order valence-corrected chi connectivity index (χ2v) is 3.72. The quantitative estimate of drug-likeness (QED) is 0.514.